The van der Waals surface area contributed by atoms with Gasteiger partial charge in [-0.05, 0) is 24.3 Å². The number of aromatic nitrogens is 1. The van der Waals surface area contributed by atoms with Gasteiger partial charge in [-0.3, -0.25) is 14.5 Å². The van der Waals surface area contributed by atoms with E-state index in [1.165, 1.54) is 16.5 Å². The lowest BCUT2D eigenvalue weighted by molar-refractivity contribution is -0.134. The van der Waals surface area contributed by atoms with E-state index in [1.807, 2.05) is 47.4 Å². The van der Waals surface area contributed by atoms with Crippen LogP contribution in [-0.4, -0.2) is 58.0 Å². The van der Waals surface area contributed by atoms with E-state index in [0.29, 0.717) is 13.1 Å². The number of nitrogens with one attached hydrogen (secondary N) is 1. The van der Waals surface area contributed by atoms with E-state index in [2.05, 4.69) is 16.3 Å². The molecule has 5 rings (SSSR count). The minimum Gasteiger partial charge on any atom is -0.340 e. The van der Waals surface area contributed by atoms with Gasteiger partial charge in [0, 0.05) is 37.5 Å². The van der Waals surface area contributed by atoms with E-state index in [-0.39, 0.29) is 23.5 Å². The quantitative estimate of drug-likeness (QED) is 0.676. The summed E-state index contributed by atoms with van der Waals surface area (Å²) < 4.78 is 1.21. The highest BCUT2D eigenvalue weighted by molar-refractivity contribution is 8.01. The summed E-state index contributed by atoms with van der Waals surface area (Å²) in [6.45, 7) is 3.86. The number of amides is 2. The SMILES string of the molecule is O=C1Nc2ccccc2S[C@H]1CC(=O)N1CCN(Cc2nc3ccccc3s2)CC1. The lowest BCUT2D eigenvalue weighted by Gasteiger charge is -2.35. The molecule has 2 aromatic carbocycles. The molecule has 2 amide bonds. The number of para-hydroxylation sites is 2. The number of thiazole rings is 1. The van der Waals surface area contributed by atoms with Gasteiger partial charge < -0.3 is 10.2 Å². The smallest absolute Gasteiger partial charge is 0.238 e. The number of fused-ring (bicyclic) bond motifs is 2. The van der Waals surface area contributed by atoms with Crippen molar-refractivity contribution in [1.82, 2.24) is 14.8 Å². The number of hydrogen-bond acceptors (Lipinski definition) is 6. The van der Waals surface area contributed by atoms with E-state index in [0.717, 1.165) is 40.7 Å². The Hall–Kier alpha value is -2.42. The van der Waals surface area contributed by atoms with E-state index in [1.54, 1.807) is 11.3 Å². The minimum atomic E-state index is -0.367. The van der Waals surface area contributed by atoms with Crippen molar-refractivity contribution < 1.29 is 9.59 Å². The average Bonchev–Trinajstić information content (AvgIpc) is 3.17. The van der Waals surface area contributed by atoms with Gasteiger partial charge in [0.25, 0.3) is 0 Å². The maximum absolute atomic E-state index is 12.8. The van der Waals surface area contributed by atoms with Crippen LogP contribution in [0.1, 0.15) is 11.4 Å². The average molecular weight is 439 g/mol. The highest BCUT2D eigenvalue weighted by Gasteiger charge is 2.31. The monoisotopic (exact) mass is 438 g/mol. The molecule has 0 spiro atoms. The number of carbonyl (C=O) groups excluding carboxylic acids is 2. The number of anilines is 1. The molecule has 1 N–H and O–H groups in total. The standard InChI is InChI=1S/C22H22N4O2S2/c27-21(13-19-22(28)24-16-6-2-3-7-17(16)29-19)26-11-9-25(10-12-26)14-20-23-15-5-1-4-8-18(15)30-20/h1-8,19H,9-14H2,(H,24,28)/t19-/m0/s1. The maximum Gasteiger partial charge on any atom is 0.238 e. The topological polar surface area (TPSA) is 65.5 Å². The zero-order chi connectivity index (χ0) is 20.5. The molecule has 3 heterocycles. The van der Waals surface area contributed by atoms with Crippen molar-refractivity contribution in [3.63, 3.8) is 0 Å². The second-order valence-corrected chi connectivity index (χ2v) is 9.89. The van der Waals surface area contributed by atoms with Crippen LogP contribution in [0.25, 0.3) is 10.2 Å². The van der Waals surface area contributed by atoms with Gasteiger partial charge in [-0.2, -0.15) is 0 Å². The van der Waals surface area contributed by atoms with Gasteiger partial charge in [-0.1, -0.05) is 24.3 Å². The van der Waals surface area contributed by atoms with Crippen molar-refractivity contribution in [3.8, 4) is 0 Å². The summed E-state index contributed by atoms with van der Waals surface area (Å²) in [4.78, 5) is 35.2. The van der Waals surface area contributed by atoms with Crippen LogP contribution in [0.3, 0.4) is 0 Å². The molecule has 0 radical (unpaired) electrons. The fraction of sp³-hybridized carbons (Fsp3) is 0.318. The fourth-order valence-electron chi connectivity index (χ4n) is 3.85. The molecule has 0 bridgehead atoms. The van der Waals surface area contributed by atoms with Crippen molar-refractivity contribution in [2.75, 3.05) is 31.5 Å². The van der Waals surface area contributed by atoms with Crippen LogP contribution in [0.4, 0.5) is 5.69 Å². The minimum absolute atomic E-state index is 0.0571. The van der Waals surface area contributed by atoms with Gasteiger partial charge in [-0.25, -0.2) is 4.98 Å². The Morgan fingerprint density at radius 3 is 2.67 bits per heavy atom. The second kappa shape index (κ2) is 8.37. The number of benzene rings is 2. The van der Waals surface area contributed by atoms with Gasteiger partial charge in [0.05, 0.1) is 27.7 Å². The summed E-state index contributed by atoms with van der Waals surface area (Å²) in [5.74, 6) is -0.0248. The van der Waals surface area contributed by atoms with Crippen molar-refractivity contribution in [3.05, 3.63) is 53.5 Å². The third-order valence-electron chi connectivity index (χ3n) is 5.49. The molecule has 1 fully saturated rings. The predicted molar refractivity (Wildman–Crippen MR) is 121 cm³/mol. The predicted octanol–water partition coefficient (Wildman–Crippen LogP) is 3.44. The van der Waals surface area contributed by atoms with Crippen LogP contribution < -0.4 is 5.32 Å². The van der Waals surface area contributed by atoms with Gasteiger partial charge in [0.1, 0.15) is 5.01 Å². The first-order valence-electron chi connectivity index (χ1n) is 10.1. The van der Waals surface area contributed by atoms with Gasteiger partial charge in [0.15, 0.2) is 0 Å². The number of rotatable bonds is 4. The van der Waals surface area contributed by atoms with Crippen molar-refractivity contribution >= 4 is 50.8 Å². The molecule has 154 valence electrons. The molecule has 0 saturated carbocycles. The Morgan fingerprint density at radius 1 is 1.07 bits per heavy atom. The van der Waals surface area contributed by atoms with Crippen molar-refractivity contribution in [2.45, 2.75) is 23.1 Å². The molecule has 2 aliphatic rings. The Bertz CT molecular complexity index is 1060. The molecule has 2 aliphatic heterocycles. The van der Waals surface area contributed by atoms with Crippen LogP contribution in [0.2, 0.25) is 0 Å². The summed E-state index contributed by atoms with van der Waals surface area (Å²) in [5.41, 5.74) is 1.89. The van der Waals surface area contributed by atoms with E-state index in [4.69, 9.17) is 4.98 Å². The number of piperazine rings is 1. The summed E-state index contributed by atoms with van der Waals surface area (Å²) >= 11 is 3.22. The first kappa shape index (κ1) is 19.5. The highest BCUT2D eigenvalue weighted by Crippen LogP contribution is 2.36. The van der Waals surface area contributed by atoms with Crippen LogP contribution in [0.15, 0.2) is 53.4 Å². The summed E-state index contributed by atoms with van der Waals surface area (Å²) in [6.07, 6.45) is 0.239. The Morgan fingerprint density at radius 2 is 1.83 bits per heavy atom. The molecule has 0 unspecified atom stereocenters. The van der Waals surface area contributed by atoms with Gasteiger partial charge in [-0.15, -0.1) is 23.1 Å². The number of hydrogen-bond donors (Lipinski definition) is 1. The molecule has 6 nitrogen and oxygen atoms in total. The first-order valence-corrected chi connectivity index (χ1v) is 11.8. The van der Waals surface area contributed by atoms with Gasteiger partial charge in [0.2, 0.25) is 11.8 Å². The maximum atomic E-state index is 12.8. The summed E-state index contributed by atoms with van der Waals surface area (Å²) in [6, 6.07) is 15.9. The molecule has 1 aromatic heterocycles. The number of carbonyl (C=O) groups is 2. The molecule has 1 atom stereocenters. The molecule has 1 saturated heterocycles. The molecule has 3 aromatic rings. The lowest BCUT2D eigenvalue weighted by Crippen LogP contribution is -2.49. The molecule has 8 heteroatoms. The Labute approximate surface area is 183 Å². The van der Waals surface area contributed by atoms with Crippen LogP contribution in [0, 0.1) is 0 Å². The largest absolute Gasteiger partial charge is 0.340 e. The normalized spacial score (nSPS) is 19.5. The Kier molecular flexibility index (Phi) is 5.45. The first-order chi connectivity index (χ1) is 14.7. The molecule has 30 heavy (non-hydrogen) atoms. The third kappa shape index (κ3) is 4.08. The highest BCUT2D eigenvalue weighted by atomic mass is 32.2. The summed E-state index contributed by atoms with van der Waals surface area (Å²) in [5, 5.41) is 3.67. The third-order valence-corrected chi connectivity index (χ3v) is 7.78. The van der Waals surface area contributed by atoms with E-state index in [9.17, 15) is 9.59 Å². The van der Waals surface area contributed by atoms with Crippen molar-refractivity contribution in [2.24, 2.45) is 0 Å². The van der Waals surface area contributed by atoms with Crippen molar-refractivity contribution in [1.29, 1.82) is 0 Å². The molecular weight excluding hydrogens is 416 g/mol. The fourth-order valence-corrected chi connectivity index (χ4v) is 5.96. The number of thioether (sulfide) groups is 1. The number of nitrogens with zero attached hydrogens (tertiary/aromatic N) is 3. The molecule has 0 aliphatic carbocycles. The zero-order valence-corrected chi connectivity index (χ0v) is 18.0. The van der Waals surface area contributed by atoms with E-state index >= 15 is 0 Å². The zero-order valence-electron chi connectivity index (χ0n) is 16.4. The van der Waals surface area contributed by atoms with Crippen LogP contribution in [0.5, 0.6) is 0 Å². The van der Waals surface area contributed by atoms with E-state index < -0.39 is 0 Å². The summed E-state index contributed by atoms with van der Waals surface area (Å²) in [7, 11) is 0. The molecular formula is C22H22N4O2S2. The second-order valence-electron chi connectivity index (χ2n) is 7.53. The Balaban J connectivity index is 1.15. The van der Waals surface area contributed by atoms with Crippen LogP contribution in [-0.2, 0) is 16.1 Å². The van der Waals surface area contributed by atoms with Gasteiger partial charge >= 0.3 is 0 Å². The lowest BCUT2D eigenvalue weighted by atomic mass is 10.2. The van der Waals surface area contributed by atoms with Crippen LogP contribution >= 0.6 is 23.1 Å².